The number of aliphatic imine (C=N–C) groups is 1. The quantitative estimate of drug-likeness (QED) is 0.278. The van der Waals surface area contributed by atoms with E-state index in [4.69, 9.17) is 5.26 Å². The molecule has 0 radical (unpaired) electrons. The van der Waals surface area contributed by atoms with Crippen molar-refractivity contribution in [1.82, 2.24) is 0 Å². The van der Waals surface area contributed by atoms with Crippen LogP contribution in [-0.2, 0) is 6.42 Å². The maximum absolute atomic E-state index is 11.9. The maximum atomic E-state index is 11.9. The van der Waals surface area contributed by atoms with Crippen LogP contribution in [0.2, 0.25) is 0 Å². The van der Waals surface area contributed by atoms with Crippen molar-refractivity contribution in [2.75, 3.05) is 6.26 Å². The molecule has 0 unspecified atom stereocenters. The van der Waals surface area contributed by atoms with Gasteiger partial charge in [-0.05, 0) is 29.7 Å². The standard InChI is InChI=1S/C14H14N2OS2/c1-3-11-4-6-12(7-5-11)13(17)8-9-19-14(18-2)16-10-15/h4-9H,3H2,1-2H3/b9-8+,16-14?. The molecule has 3 nitrogen and oxygen atoms in total. The molecule has 19 heavy (non-hydrogen) atoms. The molecule has 0 bridgehead atoms. The highest BCUT2D eigenvalue weighted by Crippen LogP contribution is 2.16. The van der Waals surface area contributed by atoms with Gasteiger partial charge in [0.15, 0.2) is 5.78 Å². The highest BCUT2D eigenvalue weighted by atomic mass is 32.2. The van der Waals surface area contributed by atoms with Crippen LogP contribution in [0.3, 0.4) is 0 Å². The van der Waals surface area contributed by atoms with E-state index in [1.807, 2.05) is 30.5 Å². The lowest BCUT2D eigenvalue weighted by Crippen LogP contribution is -1.94. The van der Waals surface area contributed by atoms with Crippen molar-refractivity contribution >= 4 is 33.7 Å². The summed E-state index contributed by atoms with van der Waals surface area (Å²) < 4.78 is 0.618. The lowest BCUT2D eigenvalue weighted by Gasteiger charge is -1.98. The van der Waals surface area contributed by atoms with Gasteiger partial charge in [0.1, 0.15) is 4.38 Å². The van der Waals surface area contributed by atoms with Crippen molar-refractivity contribution in [3.05, 3.63) is 46.9 Å². The number of nitrogens with zero attached hydrogens (tertiary/aromatic N) is 2. The van der Waals surface area contributed by atoms with Crippen molar-refractivity contribution in [1.29, 1.82) is 5.26 Å². The molecular formula is C14H14N2OS2. The van der Waals surface area contributed by atoms with Gasteiger partial charge in [-0.3, -0.25) is 4.79 Å². The lowest BCUT2D eigenvalue weighted by atomic mass is 10.1. The van der Waals surface area contributed by atoms with E-state index in [0.717, 1.165) is 6.42 Å². The fourth-order valence-electron chi connectivity index (χ4n) is 1.32. The summed E-state index contributed by atoms with van der Waals surface area (Å²) in [5.74, 6) is -0.0486. The Balaban J connectivity index is 2.64. The average Bonchev–Trinajstić information content (AvgIpc) is 2.46. The highest BCUT2D eigenvalue weighted by molar-refractivity contribution is 8.39. The van der Waals surface area contributed by atoms with Gasteiger partial charge in [0.2, 0.25) is 6.19 Å². The number of hydrogen-bond donors (Lipinski definition) is 0. The normalized spacial score (nSPS) is 11.5. The molecule has 98 valence electrons. The number of hydrogen-bond acceptors (Lipinski definition) is 5. The van der Waals surface area contributed by atoms with Crippen molar-refractivity contribution in [2.45, 2.75) is 13.3 Å². The first-order chi connectivity index (χ1) is 9.21. The molecule has 0 N–H and O–H groups in total. The first-order valence-electron chi connectivity index (χ1n) is 5.68. The molecule has 0 aliphatic carbocycles. The summed E-state index contributed by atoms with van der Waals surface area (Å²) >= 11 is 2.64. The van der Waals surface area contributed by atoms with E-state index >= 15 is 0 Å². The predicted molar refractivity (Wildman–Crippen MR) is 83.4 cm³/mol. The minimum atomic E-state index is -0.0486. The van der Waals surface area contributed by atoms with Gasteiger partial charge in [0, 0.05) is 5.56 Å². The Labute approximate surface area is 121 Å². The number of aryl methyl sites for hydroxylation is 1. The maximum Gasteiger partial charge on any atom is 0.207 e. The van der Waals surface area contributed by atoms with Gasteiger partial charge in [-0.15, -0.1) is 11.8 Å². The Morgan fingerprint density at radius 2 is 2.11 bits per heavy atom. The largest absolute Gasteiger partial charge is 0.289 e. The molecule has 1 aromatic rings. The van der Waals surface area contributed by atoms with Crippen LogP contribution in [0, 0.1) is 11.5 Å². The number of carbonyl (C=O) groups excluding carboxylic acids is 1. The van der Waals surface area contributed by atoms with E-state index in [2.05, 4.69) is 11.9 Å². The summed E-state index contributed by atoms with van der Waals surface area (Å²) in [5.41, 5.74) is 1.87. The number of ketones is 1. The smallest absolute Gasteiger partial charge is 0.207 e. The Morgan fingerprint density at radius 1 is 1.42 bits per heavy atom. The summed E-state index contributed by atoms with van der Waals surface area (Å²) in [6.45, 7) is 2.08. The minimum Gasteiger partial charge on any atom is -0.289 e. The zero-order chi connectivity index (χ0) is 14.1. The molecule has 0 amide bonds. The molecular weight excluding hydrogens is 276 g/mol. The van der Waals surface area contributed by atoms with E-state index in [-0.39, 0.29) is 5.78 Å². The molecule has 0 saturated heterocycles. The van der Waals surface area contributed by atoms with Crippen LogP contribution in [-0.4, -0.2) is 16.4 Å². The van der Waals surface area contributed by atoms with Crippen LogP contribution in [0.4, 0.5) is 0 Å². The van der Waals surface area contributed by atoms with Gasteiger partial charge >= 0.3 is 0 Å². The van der Waals surface area contributed by atoms with E-state index in [1.54, 1.807) is 11.6 Å². The van der Waals surface area contributed by atoms with E-state index < -0.39 is 0 Å². The molecule has 0 aromatic heterocycles. The van der Waals surface area contributed by atoms with Crippen LogP contribution in [0.25, 0.3) is 0 Å². The van der Waals surface area contributed by atoms with Gasteiger partial charge in [-0.2, -0.15) is 10.3 Å². The van der Waals surface area contributed by atoms with E-state index in [0.29, 0.717) is 9.94 Å². The molecule has 0 aliphatic rings. The highest BCUT2D eigenvalue weighted by Gasteiger charge is 2.01. The summed E-state index contributed by atoms with van der Waals surface area (Å²) in [7, 11) is 0. The van der Waals surface area contributed by atoms with E-state index in [9.17, 15) is 4.79 Å². The Bertz CT molecular complexity index is 527. The number of carbonyl (C=O) groups is 1. The summed E-state index contributed by atoms with van der Waals surface area (Å²) in [4.78, 5) is 15.5. The topological polar surface area (TPSA) is 53.2 Å². The third-order valence-electron chi connectivity index (χ3n) is 2.35. The Hall–Kier alpha value is -1.51. The predicted octanol–water partition coefficient (Wildman–Crippen LogP) is 3.88. The number of nitriles is 1. The van der Waals surface area contributed by atoms with Crippen LogP contribution < -0.4 is 0 Å². The van der Waals surface area contributed by atoms with Crippen LogP contribution in [0.1, 0.15) is 22.8 Å². The molecule has 0 aliphatic heterocycles. The average molecular weight is 290 g/mol. The van der Waals surface area contributed by atoms with Crippen molar-refractivity contribution in [2.24, 2.45) is 4.99 Å². The van der Waals surface area contributed by atoms with Crippen molar-refractivity contribution in [3.63, 3.8) is 0 Å². The van der Waals surface area contributed by atoms with Crippen LogP contribution >= 0.6 is 23.5 Å². The number of benzene rings is 1. The second-order valence-corrected chi connectivity index (χ2v) is 5.47. The molecule has 1 aromatic carbocycles. The Kier molecular flexibility index (Phi) is 7.01. The Morgan fingerprint density at radius 3 is 2.63 bits per heavy atom. The van der Waals surface area contributed by atoms with Crippen molar-refractivity contribution < 1.29 is 4.79 Å². The SMILES string of the molecule is CCc1ccc(C(=O)/C=C/SC(=NC#N)SC)cc1. The van der Waals surface area contributed by atoms with Gasteiger partial charge in [-0.25, -0.2) is 0 Å². The van der Waals surface area contributed by atoms with Crippen LogP contribution in [0.5, 0.6) is 0 Å². The molecule has 0 spiro atoms. The van der Waals surface area contributed by atoms with Gasteiger partial charge < -0.3 is 0 Å². The number of rotatable bonds is 4. The van der Waals surface area contributed by atoms with E-state index in [1.165, 1.54) is 35.2 Å². The molecule has 0 fully saturated rings. The number of thioether (sulfide) groups is 2. The zero-order valence-electron chi connectivity index (χ0n) is 10.8. The molecule has 1 rings (SSSR count). The van der Waals surface area contributed by atoms with Gasteiger partial charge in [0.25, 0.3) is 0 Å². The van der Waals surface area contributed by atoms with Gasteiger partial charge in [-0.1, -0.05) is 43.0 Å². The monoisotopic (exact) mass is 290 g/mol. The summed E-state index contributed by atoms with van der Waals surface area (Å²) in [6.07, 6.45) is 6.02. The lowest BCUT2D eigenvalue weighted by molar-refractivity contribution is 0.104. The second kappa shape index (κ2) is 8.57. The third-order valence-corrected chi connectivity index (χ3v) is 4.15. The molecule has 0 heterocycles. The number of allylic oxidation sites excluding steroid dienone is 1. The second-order valence-electron chi connectivity index (χ2n) is 3.52. The molecule has 0 saturated carbocycles. The first-order valence-corrected chi connectivity index (χ1v) is 7.79. The first kappa shape index (κ1) is 15.5. The minimum absolute atomic E-state index is 0.0486. The summed E-state index contributed by atoms with van der Waals surface area (Å²) in [6, 6.07) is 7.57. The summed E-state index contributed by atoms with van der Waals surface area (Å²) in [5, 5.41) is 10.1. The molecule has 0 atom stereocenters. The van der Waals surface area contributed by atoms with Gasteiger partial charge in [0.05, 0.1) is 0 Å². The zero-order valence-corrected chi connectivity index (χ0v) is 12.4. The van der Waals surface area contributed by atoms with Crippen LogP contribution in [0.15, 0.2) is 40.7 Å². The fourth-order valence-corrected chi connectivity index (χ4v) is 2.40. The third kappa shape index (κ3) is 5.33. The fraction of sp³-hybridized carbons (Fsp3) is 0.214. The molecule has 5 heteroatoms. The van der Waals surface area contributed by atoms with Crippen molar-refractivity contribution in [3.8, 4) is 6.19 Å².